The lowest BCUT2D eigenvalue weighted by Gasteiger charge is -2.27. The van der Waals surface area contributed by atoms with Gasteiger partial charge in [-0.15, -0.1) is 0 Å². The van der Waals surface area contributed by atoms with Gasteiger partial charge in [-0.05, 0) is 30.2 Å². The minimum absolute atomic E-state index is 0.0833. The lowest BCUT2D eigenvalue weighted by Crippen LogP contribution is -2.36. The van der Waals surface area contributed by atoms with Gasteiger partial charge in [0.2, 0.25) is 11.8 Å². The molecule has 0 aromatic heterocycles. The van der Waals surface area contributed by atoms with Crippen LogP contribution in [0.25, 0.3) is 0 Å². The lowest BCUT2D eigenvalue weighted by atomic mass is 9.83. The first-order valence-corrected chi connectivity index (χ1v) is 8.99. The van der Waals surface area contributed by atoms with Gasteiger partial charge >= 0.3 is 0 Å². The normalized spacial score (nSPS) is 24.0. The summed E-state index contributed by atoms with van der Waals surface area (Å²) in [4.78, 5) is 26.0. The Hall–Kier alpha value is -3.04. The molecule has 0 radical (unpaired) electrons. The first kappa shape index (κ1) is 18.3. The average Bonchev–Trinajstić information content (AvgIpc) is 2.93. The lowest BCUT2D eigenvalue weighted by molar-refractivity contribution is -0.129. The van der Waals surface area contributed by atoms with Crippen LogP contribution < -0.4 is 4.90 Å². The van der Waals surface area contributed by atoms with E-state index in [1.54, 1.807) is 19.1 Å². The fourth-order valence-electron chi connectivity index (χ4n) is 3.79. The summed E-state index contributed by atoms with van der Waals surface area (Å²) in [7, 11) is 0. The van der Waals surface area contributed by atoms with E-state index in [0.29, 0.717) is 17.1 Å². The molecule has 2 saturated heterocycles. The van der Waals surface area contributed by atoms with E-state index < -0.39 is 41.0 Å². The Bertz CT molecular complexity index is 986. The fourth-order valence-corrected chi connectivity index (χ4v) is 3.79. The molecule has 142 valence electrons. The van der Waals surface area contributed by atoms with Crippen LogP contribution in [0.3, 0.4) is 0 Å². The maximum atomic E-state index is 14.7. The molecule has 0 N–H and O–H groups in total. The number of amides is 2. The number of hydrogen-bond donors (Lipinski definition) is 0. The molecule has 4 nitrogen and oxygen atoms in total. The molecule has 28 heavy (non-hydrogen) atoms. The summed E-state index contributed by atoms with van der Waals surface area (Å²) in [5.74, 6) is 0.827. The van der Waals surface area contributed by atoms with Crippen molar-refractivity contribution in [2.45, 2.75) is 6.92 Å². The van der Waals surface area contributed by atoms with Crippen LogP contribution in [0.4, 0.5) is 14.5 Å². The van der Waals surface area contributed by atoms with Crippen LogP contribution in [0, 0.1) is 41.2 Å². The molecule has 3 unspecified atom stereocenters. The van der Waals surface area contributed by atoms with Gasteiger partial charge in [0.15, 0.2) is 11.6 Å². The first-order valence-electron chi connectivity index (χ1n) is 8.99. The van der Waals surface area contributed by atoms with E-state index in [1.165, 1.54) is 0 Å². The van der Waals surface area contributed by atoms with Crippen molar-refractivity contribution in [2.75, 3.05) is 18.1 Å². The van der Waals surface area contributed by atoms with Crippen molar-refractivity contribution in [2.24, 2.45) is 17.8 Å². The molecule has 4 rings (SSSR count). The van der Waals surface area contributed by atoms with E-state index in [2.05, 4.69) is 11.8 Å². The Morgan fingerprint density at radius 1 is 0.964 bits per heavy atom. The molecule has 3 atom stereocenters. The highest BCUT2D eigenvalue weighted by atomic mass is 19.1. The van der Waals surface area contributed by atoms with Gasteiger partial charge in [-0.3, -0.25) is 9.59 Å². The molecule has 2 fully saturated rings. The number of imide groups is 1. The fraction of sp³-hybridized carbons (Fsp3) is 0.273. The molecular weight excluding hydrogens is 364 g/mol. The monoisotopic (exact) mass is 381 g/mol. The highest BCUT2D eigenvalue weighted by Crippen LogP contribution is 2.40. The van der Waals surface area contributed by atoms with Crippen LogP contribution in [-0.4, -0.2) is 25.0 Å². The maximum Gasteiger partial charge on any atom is 0.240 e. The standard InChI is InChI=1S/C22H17F2NO3/c1-13-11-28-12-16-19(13)22(27)25(21(16)26)20-17(23)9-15(10-18(20)24)8-7-14-5-3-2-4-6-14/h2-6,9-10,13,16,19H,11-12H2,1H3. The quantitative estimate of drug-likeness (QED) is 0.563. The minimum Gasteiger partial charge on any atom is -0.380 e. The highest BCUT2D eigenvalue weighted by Gasteiger charge is 2.53. The predicted octanol–water partition coefficient (Wildman–Crippen LogP) is 3.14. The van der Waals surface area contributed by atoms with Crippen LogP contribution >= 0.6 is 0 Å². The van der Waals surface area contributed by atoms with Gasteiger partial charge in [-0.1, -0.05) is 37.0 Å². The Morgan fingerprint density at radius 3 is 2.25 bits per heavy atom. The number of carbonyl (C=O) groups is 2. The molecular formula is C22H17F2NO3. The van der Waals surface area contributed by atoms with E-state index in [-0.39, 0.29) is 18.1 Å². The predicted molar refractivity (Wildman–Crippen MR) is 98.2 cm³/mol. The molecule has 0 saturated carbocycles. The van der Waals surface area contributed by atoms with Gasteiger partial charge < -0.3 is 4.74 Å². The third kappa shape index (κ3) is 3.08. The van der Waals surface area contributed by atoms with Crippen molar-refractivity contribution in [1.29, 1.82) is 0 Å². The molecule has 0 spiro atoms. The molecule has 2 heterocycles. The van der Waals surface area contributed by atoms with E-state index in [4.69, 9.17) is 4.74 Å². The SMILES string of the molecule is CC1COCC2C(=O)N(c3c(F)cc(C#Cc4ccccc4)cc3F)C(=O)C12. The Balaban J connectivity index is 1.69. The Labute approximate surface area is 161 Å². The van der Waals surface area contributed by atoms with Crippen molar-refractivity contribution < 1.29 is 23.1 Å². The topological polar surface area (TPSA) is 46.6 Å². The van der Waals surface area contributed by atoms with Gasteiger partial charge in [-0.25, -0.2) is 13.7 Å². The van der Waals surface area contributed by atoms with Crippen molar-refractivity contribution >= 4 is 17.5 Å². The minimum atomic E-state index is -0.994. The number of rotatable bonds is 1. The summed E-state index contributed by atoms with van der Waals surface area (Å²) in [6.07, 6.45) is 0. The number of halogens is 2. The van der Waals surface area contributed by atoms with E-state index in [0.717, 1.165) is 12.1 Å². The average molecular weight is 381 g/mol. The van der Waals surface area contributed by atoms with Crippen LogP contribution in [0.15, 0.2) is 42.5 Å². The number of carbonyl (C=O) groups excluding carboxylic acids is 2. The molecule has 6 heteroatoms. The smallest absolute Gasteiger partial charge is 0.240 e. The van der Waals surface area contributed by atoms with E-state index >= 15 is 0 Å². The van der Waals surface area contributed by atoms with Crippen LogP contribution in [0.5, 0.6) is 0 Å². The summed E-state index contributed by atoms with van der Waals surface area (Å²) >= 11 is 0. The van der Waals surface area contributed by atoms with Crippen LogP contribution in [0.2, 0.25) is 0 Å². The zero-order valence-electron chi connectivity index (χ0n) is 15.1. The maximum absolute atomic E-state index is 14.7. The van der Waals surface area contributed by atoms with Crippen LogP contribution in [0.1, 0.15) is 18.1 Å². The molecule has 0 bridgehead atoms. The summed E-state index contributed by atoms with van der Waals surface area (Å²) in [5, 5.41) is 0. The van der Waals surface area contributed by atoms with Gasteiger partial charge in [0, 0.05) is 17.7 Å². The van der Waals surface area contributed by atoms with Crippen molar-refractivity contribution in [3.63, 3.8) is 0 Å². The molecule has 0 aliphatic carbocycles. The number of anilines is 1. The van der Waals surface area contributed by atoms with Gasteiger partial charge in [0.05, 0.1) is 18.4 Å². The van der Waals surface area contributed by atoms with Crippen molar-refractivity contribution in [3.05, 3.63) is 65.2 Å². The second kappa shape index (κ2) is 7.17. The van der Waals surface area contributed by atoms with Gasteiger partial charge in [-0.2, -0.15) is 0 Å². The molecule has 2 aromatic rings. The van der Waals surface area contributed by atoms with E-state index in [1.807, 2.05) is 18.2 Å². The summed E-state index contributed by atoms with van der Waals surface area (Å²) < 4.78 is 34.8. The molecule has 2 aliphatic rings. The second-order valence-corrected chi connectivity index (χ2v) is 7.06. The highest BCUT2D eigenvalue weighted by molar-refractivity contribution is 6.22. The van der Waals surface area contributed by atoms with Gasteiger partial charge in [0.25, 0.3) is 0 Å². The third-order valence-corrected chi connectivity index (χ3v) is 5.13. The summed E-state index contributed by atoms with van der Waals surface area (Å²) in [6.45, 7) is 2.22. The number of nitrogens with zero attached hydrogens (tertiary/aromatic N) is 1. The Kier molecular flexibility index (Phi) is 4.70. The zero-order chi connectivity index (χ0) is 19.8. The summed E-state index contributed by atoms with van der Waals surface area (Å²) in [5.41, 5.74) is 0.188. The summed E-state index contributed by atoms with van der Waals surface area (Å²) in [6, 6.07) is 11.1. The number of fused-ring (bicyclic) bond motifs is 1. The molecule has 2 aliphatic heterocycles. The zero-order valence-corrected chi connectivity index (χ0v) is 15.1. The van der Waals surface area contributed by atoms with Crippen molar-refractivity contribution in [1.82, 2.24) is 0 Å². The Morgan fingerprint density at radius 2 is 1.61 bits per heavy atom. The van der Waals surface area contributed by atoms with Crippen LogP contribution in [-0.2, 0) is 14.3 Å². The number of benzene rings is 2. The first-order chi connectivity index (χ1) is 13.5. The van der Waals surface area contributed by atoms with E-state index in [9.17, 15) is 18.4 Å². The second-order valence-electron chi connectivity index (χ2n) is 7.06. The molecule has 2 aromatic carbocycles. The number of hydrogen-bond acceptors (Lipinski definition) is 3. The third-order valence-electron chi connectivity index (χ3n) is 5.13. The molecule has 2 amide bonds. The number of ether oxygens (including phenoxy) is 1. The van der Waals surface area contributed by atoms with Gasteiger partial charge in [0.1, 0.15) is 5.69 Å². The van der Waals surface area contributed by atoms with Crippen molar-refractivity contribution in [3.8, 4) is 11.8 Å². The largest absolute Gasteiger partial charge is 0.380 e.